The molecule has 1 saturated heterocycles. The van der Waals surface area contributed by atoms with E-state index in [-0.39, 0.29) is 11.3 Å². The van der Waals surface area contributed by atoms with E-state index >= 15 is 0 Å². The molecule has 2 rings (SSSR count). The Morgan fingerprint density at radius 2 is 2.00 bits per heavy atom. The van der Waals surface area contributed by atoms with Gasteiger partial charge in [0.05, 0.1) is 6.10 Å². The van der Waals surface area contributed by atoms with E-state index < -0.39 is 18.4 Å². The molecule has 0 aromatic rings. The van der Waals surface area contributed by atoms with Crippen molar-refractivity contribution in [2.45, 2.75) is 38.5 Å². The molecular formula is C11H18FNO3. The minimum atomic E-state index is -1.16. The van der Waals surface area contributed by atoms with E-state index in [1.165, 1.54) is 4.90 Å². The number of hydrogen-bond donors (Lipinski definition) is 2. The van der Waals surface area contributed by atoms with Crippen molar-refractivity contribution in [2.75, 3.05) is 13.1 Å². The first-order chi connectivity index (χ1) is 7.46. The van der Waals surface area contributed by atoms with Crippen molar-refractivity contribution in [3.63, 3.8) is 0 Å². The number of amides is 1. The molecule has 0 aromatic heterocycles. The number of likely N-dealkylation sites (tertiary alicyclic amines) is 1. The highest BCUT2D eigenvalue weighted by molar-refractivity contribution is 5.65. The molecule has 2 fully saturated rings. The minimum absolute atomic E-state index is 0.119. The fourth-order valence-corrected chi connectivity index (χ4v) is 3.17. The number of carbonyl (C=O) groups is 1. The molecule has 92 valence electrons. The van der Waals surface area contributed by atoms with Gasteiger partial charge in [-0.2, -0.15) is 0 Å². The van der Waals surface area contributed by atoms with E-state index in [0.717, 1.165) is 0 Å². The molecule has 1 saturated carbocycles. The molecule has 1 heterocycles. The van der Waals surface area contributed by atoms with Gasteiger partial charge >= 0.3 is 6.09 Å². The van der Waals surface area contributed by atoms with Gasteiger partial charge in [-0.1, -0.05) is 6.92 Å². The second-order valence-electron chi connectivity index (χ2n) is 5.20. The number of hydrogen-bond acceptors (Lipinski definition) is 2. The number of aliphatic hydroxyl groups is 1. The molecule has 3 atom stereocenters. The zero-order chi connectivity index (χ0) is 11.9. The van der Waals surface area contributed by atoms with Crippen LogP contribution in [0.5, 0.6) is 0 Å². The standard InChI is InChI=1S/C11H18FNO3/c1-7-6-11(9(14)8(7)12)2-4-13(5-3-11)10(15)16/h7-9,14H,2-6H2,1H3,(H,15,16). The first kappa shape index (κ1) is 11.6. The average molecular weight is 231 g/mol. The maximum atomic E-state index is 13.6. The van der Waals surface area contributed by atoms with Crippen molar-refractivity contribution >= 4 is 6.09 Å². The monoisotopic (exact) mass is 231 g/mol. The van der Waals surface area contributed by atoms with Crippen LogP contribution in [0.1, 0.15) is 26.2 Å². The van der Waals surface area contributed by atoms with Gasteiger partial charge in [-0.25, -0.2) is 9.18 Å². The number of carboxylic acid groups (broad SMARTS) is 1. The lowest BCUT2D eigenvalue weighted by Gasteiger charge is -2.40. The fourth-order valence-electron chi connectivity index (χ4n) is 3.17. The zero-order valence-electron chi connectivity index (χ0n) is 9.40. The Kier molecular flexibility index (Phi) is 2.82. The van der Waals surface area contributed by atoms with Gasteiger partial charge in [0, 0.05) is 18.5 Å². The molecule has 0 bridgehead atoms. The quantitative estimate of drug-likeness (QED) is 0.664. The normalized spacial score (nSPS) is 37.9. The van der Waals surface area contributed by atoms with Gasteiger partial charge in [0.15, 0.2) is 0 Å². The summed E-state index contributed by atoms with van der Waals surface area (Å²) in [6.45, 7) is 2.63. The van der Waals surface area contributed by atoms with Crippen LogP contribution in [0.25, 0.3) is 0 Å². The summed E-state index contributed by atoms with van der Waals surface area (Å²) >= 11 is 0. The van der Waals surface area contributed by atoms with Gasteiger partial charge in [0.2, 0.25) is 0 Å². The Morgan fingerprint density at radius 1 is 1.44 bits per heavy atom. The van der Waals surface area contributed by atoms with E-state index in [9.17, 15) is 14.3 Å². The summed E-state index contributed by atoms with van der Waals surface area (Å²) < 4.78 is 13.6. The van der Waals surface area contributed by atoms with Crippen molar-refractivity contribution in [1.82, 2.24) is 4.90 Å². The van der Waals surface area contributed by atoms with E-state index in [1.54, 1.807) is 0 Å². The molecule has 16 heavy (non-hydrogen) atoms. The Balaban J connectivity index is 2.05. The number of piperidine rings is 1. The van der Waals surface area contributed by atoms with Gasteiger partial charge in [0.25, 0.3) is 0 Å². The van der Waals surface area contributed by atoms with E-state index in [0.29, 0.717) is 32.4 Å². The molecular weight excluding hydrogens is 213 g/mol. The van der Waals surface area contributed by atoms with Crippen molar-refractivity contribution in [2.24, 2.45) is 11.3 Å². The first-order valence-electron chi connectivity index (χ1n) is 5.76. The summed E-state index contributed by atoms with van der Waals surface area (Å²) in [6.07, 6.45) is -1.18. The van der Waals surface area contributed by atoms with E-state index in [4.69, 9.17) is 5.11 Å². The Hall–Kier alpha value is -0.840. The SMILES string of the molecule is CC1CC2(CCN(C(=O)O)CC2)C(O)C1F. The van der Waals surface area contributed by atoms with Gasteiger partial charge in [-0.05, 0) is 25.2 Å². The minimum Gasteiger partial charge on any atom is -0.465 e. The third-order valence-corrected chi connectivity index (χ3v) is 4.23. The van der Waals surface area contributed by atoms with Crippen LogP contribution < -0.4 is 0 Å². The van der Waals surface area contributed by atoms with Crippen LogP contribution in [-0.4, -0.2) is 46.6 Å². The number of nitrogens with zero attached hydrogens (tertiary/aromatic N) is 1. The molecule has 1 aliphatic carbocycles. The average Bonchev–Trinajstić information content (AvgIpc) is 2.45. The molecule has 1 spiro atoms. The van der Waals surface area contributed by atoms with Gasteiger partial charge in [0.1, 0.15) is 6.17 Å². The van der Waals surface area contributed by atoms with Crippen molar-refractivity contribution in [3.05, 3.63) is 0 Å². The molecule has 0 radical (unpaired) electrons. The van der Waals surface area contributed by atoms with Crippen LogP contribution in [0.15, 0.2) is 0 Å². The van der Waals surface area contributed by atoms with Crippen molar-refractivity contribution in [1.29, 1.82) is 0 Å². The maximum absolute atomic E-state index is 13.6. The summed E-state index contributed by atoms with van der Waals surface area (Å²) in [5.74, 6) is -0.119. The first-order valence-corrected chi connectivity index (χ1v) is 5.76. The highest BCUT2D eigenvalue weighted by Gasteiger charge is 2.53. The van der Waals surface area contributed by atoms with Crippen LogP contribution in [-0.2, 0) is 0 Å². The molecule has 5 heteroatoms. The number of halogens is 1. The van der Waals surface area contributed by atoms with E-state index in [1.807, 2.05) is 6.92 Å². The van der Waals surface area contributed by atoms with Crippen molar-refractivity contribution < 1.29 is 19.4 Å². The largest absolute Gasteiger partial charge is 0.465 e. The molecule has 2 N–H and O–H groups in total. The molecule has 2 aliphatic rings. The molecule has 1 amide bonds. The third kappa shape index (κ3) is 1.67. The highest BCUT2D eigenvalue weighted by Crippen LogP contribution is 2.50. The Morgan fingerprint density at radius 3 is 2.38 bits per heavy atom. The van der Waals surface area contributed by atoms with Gasteiger partial charge < -0.3 is 15.1 Å². The van der Waals surface area contributed by atoms with Gasteiger partial charge in [-0.15, -0.1) is 0 Å². The van der Waals surface area contributed by atoms with Crippen LogP contribution in [0.3, 0.4) is 0 Å². The summed E-state index contributed by atoms with van der Waals surface area (Å²) in [7, 11) is 0. The van der Waals surface area contributed by atoms with Crippen LogP contribution in [0.2, 0.25) is 0 Å². The number of rotatable bonds is 0. The van der Waals surface area contributed by atoms with Crippen LogP contribution >= 0.6 is 0 Å². The van der Waals surface area contributed by atoms with Gasteiger partial charge in [-0.3, -0.25) is 0 Å². The Bertz CT molecular complexity index is 289. The highest BCUT2D eigenvalue weighted by atomic mass is 19.1. The topological polar surface area (TPSA) is 60.8 Å². The second-order valence-corrected chi connectivity index (χ2v) is 5.20. The number of aliphatic hydroxyl groups excluding tert-OH is 1. The summed E-state index contributed by atoms with van der Waals surface area (Å²) in [5.41, 5.74) is -0.384. The lowest BCUT2D eigenvalue weighted by Crippen LogP contribution is -2.46. The zero-order valence-corrected chi connectivity index (χ0v) is 9.40. The molecule has 4 nitrogen and oxygen atoms in total. The van der Waals surface area contributed by atoms with Crippen molar-refractivity contribution in [3.8, 4) is 0 Å². The predicted molar refractivity (Wildman–Crippen MR) is 55.9 cm³/mol. The third-order valence-electron chi connectivity index (χ3n) is 4.23. The molecule has 3 unspecified atom stereocenters. The van der Waals surface area contributed by atoms with E-state index in [2.05, 4.69) is 0 Å². The summed E-state index contributed by atoms with van der Waals surface area (Å²) in [4.78, 5) is 12.1. The predicted octanol–water partition coefficient (Wildman–Crippen LogP) is 1.49. The lowest BCUT2D eigenvalue weighted by atomic mass is 9.75. The van der Waals surface area contributed by atoms with Crippen LogP contribution in [0.4, 0.5) is 9.18 Å². The molecule has 0 aromatic carbocycles. The smallest absolute Gasteiger partial charge is 0.407 e. The molecule has 1 aliphatic heterocycles. The second kappa shape index (κ2) is 3.87. The summed E-state index contributed by atoms with van der Waals surface area (Å²) in [6, 6.07) is 0. The maximum Gasteiger partial charge on any atom is 0.407 e. The fraction of sp³-hybridized carbons (Fsp3) is 0.909. The Labute approximate surface area is 94.1 Å². The number of alkyl halides is 1. The summed E-state index contributed by atoms with van der Waals surface area (Å²) in [5, 5.41) is 18.8. The van der Waals surface area contributed by atoms with Crippen LogP contribution in [0, 0.1) is 11.3 Å². The lowest BCUT2D eigenvalue weighted by molar-refractivity contribution is -0.0247.